The van der Waals surface area contributed by atoms with Crippen molar-refractivity contribution < 1.29 is 13.9 Å². The van der Waals surface area contributed by atoms with Crippen molar-refractivity contribution in [2.75, 3.05) is 6.61 Å². The smallest absolute Gasteiger partial charge is 0.292 e. The van der Waals surface area contributed by atoms with Crippen LogP contribution in [-0.4, -0.2) is 18.5 Å². The molecule has 1 aromatic rings. The molecule has 0 aliphatic carbocycles. The zero-order valence-corrected chi connectivity index (χ0v) is 9.79. The lowest BCUT2D eigenvalue weighted by Gasteiger charge is -2.07. The molecule has 1 unspecified atom stereocenters. The number of ether oxygens (including phenoxy) is 1. The van der Waals surface area contributed by atoms with Gasteiger partial charge in [-0.15, -0.1) is 0 Å². The molecule has 0 saturated carbocycles. The number of carbonyl (C=O) groups excluding carboxylic acids is 1. The Labute approximate surface area is 102 Å². The molecule has 90 valence electrons. The fourth-order valence-corrected chi connectivity index (χ4v) is 1.83. The minimum absolute atomic E-state index is 0.0707. The topological polar surface area (TPSA) is 50.7 Å². The predicted octanol–water partition coefficient (Wildman–Crippen LogP) is 2.04. The molecule has 0 radical (unpaired) electrons. The van der Waals surface area contributed by atoms with Crippen molar-refractivity contribution in [3.05, 3.63) is 34.6 Å². The minimum Gasteiger partial charge on any atom is -0.465 e. The van der Waals surface area contributed by atoms with Crippen LogP contribution < -0.4 is 5.32 Å². The van der Waals surface area contributed by atoms with E-state index in [-0.39, 0.29) is 16.6 Å². The van der Waals surface area contributed by atoms with Gasteiger partial charge in [0, 0.05) is 10.6 Å². The van der Waals surface area contributed by atoms with Crippen molar-refractivity contribution in [1.29, 1.82) is 0 Å². The highest BCUT2D eigenvalue weighted by molar-refractivity contribution is 6.31. The second kappa shape index (κ2) is 4.71. The highest BCUT2D eigenvalue weighted by atomic mass is 35.5. The number of hydrogen-bond acceptors (Lipinski definition) is 3. The van der Waals surface area contributed by atoms with Crippen LogP contribution in [-0.2, 0) is 9.53 Å². The van der Waals surface area contributed by atoms with Gasteiger partial charge >= 0.3 is 0 Å². The minimum atomic E-state index is -0.981. The second-order valence-corrected chi connectivity index (χ2v) is 3.80. The van der Waals surface area contributed by atoms with Gasteiger partial charge < -0.3 is 4.74 Å². The van der Waals surface area contributed by atoms with Gasteiger partial charge in [0.05, 0.1) is 6.61 Å². The molecule has 1 N–H and O–H groups in total. The molecule has 0 fully saturated rings. The maximum atomic E-state index is 13.6. The Morgan fingerprint density at radius 3 is 3.00 bits per heavy atom. The number of rotatable bonds is 2. The van der Waals surface area contributed by atoms with E-state index in [4.69, 9.17) is 16.3 Å². The van der Waals surface area contributed by atoms with Crippen LogP contribution in [0.4, 0.5) is 4.39 Å². The molecule has 1 atom stereocenters. The molecule has 1 amide bonds. The number of nitrogens with one attached hydrogen (secondary N) is 1. The summed E-state index contributed by atoms with van der Waals surface area (Å²) in [5.74, 6) is -1.00. The fourth-order valence-electron chi connectivity index (χ4n) is 1.56. The summed E-state index contributed by atoms with van der Waals surface area (Å²) in [5.41, 5.74) is 0.0707. The van der Waals surface area contributed by atoms with Crippen LogP contribution >= 0.6 is 11.6 Å². The van der Waals surface area contributed by atoms with E-state index in [2.05, 4.69) is 10.3 Å². The maximum Gasteiger partial charge on any atom is 0.292 e. The summed E-state index contributed by atoms with van der Waals surface area (Å²) in [6.45, 7) is 2.13. The first kappa shape index (κ1) is 11.9. The van der Waals surface area contributed by atoms with Crippen LogP contribution in [0.5, 0.6) is 0 Å². The third-order valence-electron chi connectivity index (χ3n) is 2.28. The Kier molecular flexibility index (Phi) is 3.28. The summed E-state index contributed by atoms with van der Waals surface area (Å²) in [6, 6.07) is 3.35. The van der Waals surface area contributed by atoms with Crippen molar-refractivity contribution in [2.45, 2.75) is 13.0 Å². The quantitative estimate of drug-likeness (QED) is 0.880. The average Bonchev–Trinajstić information content (AvgIpc) is 2.60. The summed E-state index contributed by atoms with van der Waals surface area (Å²) in [5, 5.41) is 2.59. The Morgan fingerprint density at radius 2 is 2.35 bits per heavy atom. The van der Waals surface area contributed by atoms with Crippen molar-refractivity contribution in [3.8, 4) is 0 Å². The maximum absolute atomic E-state index is 13.6. The Bertz CT molecular complexity index is 470. The summed E-state index contributed by atoms with van der Waals surface area (Å²) < 4.78 is 18.7. The second-order valence-electron chi connectivity index (χ2n) is 3.39. The van der Waals surface area contributed by atoms with E-state index in [0.717, 1.165) is 0 Å². The molecule has 6 heteroatoms. The molecular weight excluding hydrogens is 247 g/mol. The fraction of sp³-hybridized carbons (Fsp3) is 0.273. The van der Waals surface area contributed by atoms with Gasteiger partial charge in [0.15, 0.2) is 6.04 Å². The lowest BCUT2D eigenvalue weighted by Crippen LogP contribution is -2.27. The van der Waals surface area contributed by atoms with E-state index < -0.39 is 17.8 Å². The first-order valence-corrected chi connectivity index (χ1v) is 5.46. The SMILES string of the molecule is CCOC1=NC(c2c(F)cccc2Cl)C(=O)N1. The Balaban J connectivity index is 2.37. The van der Waals surface area contributed by atoms with E-state index in [1.807, 2.05) is 0 Å². The van der Waals surface area contributed by atoms with Gasteiger partial charge in [0.1, 0.15) is 5.82 Å². The Morgan fingerprint density at radius 1 is 1.59 bits per heavy atom. The van der Waals surface area contributed by atoms with Gasteiger partial charge in [-0.05, 0) is 19.1 Å². The molecule has 1 aliphatic rings. The summed E-state index contributed by atoms with van der Waals surface area (Å²) >= 11 is 5.87. The number of aliphatic imine (C=N–C) groups is 1. The Hall–Kier alpha value is -1.62. The third-order valence-corrected chi connectivity index (χ3v) is 2.61. The highest BCUT2D eigenvalue weighted by Gasteiger charge is 2.32. The van der Waals surface area contributed by atoms with Crippen LogP contribution in [0.15, 0.2) is 23.2 Å². The van der Waals surface area contributed by atoms with Gasteiger partial charge in [0.2, 0.25) is 0 Å². The molecule has 1 aromatic carbocycles. The molecule has 4 nitrogen and oxygen atoms in total. The molecule has 1 aliphatic heterocycles. The molecule has 0 saturated heterocycles. The van der Waals surface area contributed by atoms with Gasteiger partial charge in [-0.25, -0.2) is 9.38 Å². The van der Waals surface area contributed by atoms with E-state index in [0.29, 0.717) is 6.61 Å². The number of amidine groups is 1. The van der Waals surface area contributed by atoms with Crippen molar-refractivity contribution >= 4 is 23.5 Å². The lowest BCUT2D eigenvalue weighted by molar-refractivity contribution is -0.120. The number of carbonyl (C=O) groups is 1. The van der Waals surface area contributed by atoms with Crippen molar-refractivity contribution in [1.82, 2.24) is 5.32 Å². The predicted molar refractivity (Wildman–Crippen MR) is 61.4 cm³/mol. The average molecular weight is 257 g/mol. The zero-order valence-electron chi connectivity index (χ0n) is 9.04. The normalized spacial score (nSPS) is 18.9. The molecule has 0 aromatic heterocycles. The number of amides is 1. The van der Waals surface area contributed by atoms with E-state index in [9.17, 15) is 9.18 Å². The number of halogens is 2. The van der Waals surface area contributed by atoms with Crippen LogP contribution in [0.2, 0.25) is 5.02 Å². The van der Waals surface area contributed by atoms with Crippen molar-refractivity contribution in [3.63, 3.8) is 0 Å². The first-order chi connectivity index (χ1) is 8.13. The molecule has 17 heavy (non-hydrogen) atoms. The van der Waals surface area contributed by atoms with Crippen LogP contribution in [0.25, 0.3) is 0 Å². The molecule has 2 rings (SSSR count). The lowest BCUT2D eigenvalue weighted by atomic mass is 10.1. The zero-order chi connectivity index (χ0) is 12.4. The van der Waals surface area contributed by atoms with Gasteiger partial charge in [-0.3, -0.25) is 10.1 Å². The number of nitrogens with zero attached hydrogens (tertiary/aromatic N) is 1. The van der Waals surface area contributed by atoms with Crippen LogP contribution in [0.3, 0.4) is 0 Å². The van der Waals surface area contributed by atoms with Crippen LogP contribution in [0.1, 0.15) is 18.5 Å². The molecular formula is C11H10ClFN2O2. The van der Waals surface area contributed by atoms with Gasteiger partial charge in [-0.2, -0.15) is 0 Å². The van der Waals surface area contributed by atoms with E-state index in [1.54, 1.807) is 6.92 Å². The standard InChI is InChI=1S/C11H10ClFN2O2/c1-2-17-11-14-9(10(16)15-11)8-6(12)4-3-5-7(8)13/h3-5,9H,2H2,1H3,(H,14,15,16). The van der Waals surface area contributed by atoms with E-state index in [1.165, 1.54) is 18.2 Å². The summed E-state index contributed by atoms with van der Waals surface area (Å²) in [6.07, 6.45) is 0. The molecule has 0 bridgehead atoms. The van der Waals surface area contributed by atoms with Gasteiger partial charge in [0.25, 0.3) is 11.9 Å². The summed E-state index contributed by atoms with van der Waals surface area (Å²) in [4.78, 5) is 15.6. The van der Waals surface area contributed by atoms with E-state index >= 15 is 0 Å². The highest BCUT2D eigenvalue weighted by Crippen LogP contribution is 2.30. The monoisotopic (exact) mass is 256 g/mol. The number of benzene rings is 1. The molecule has 1 heterocycles. The largest absolute Gasteiger partial charge is 0.465 e. The number of hydrogen-bond donors (Lipinski definition) is 1. The first-order valence-electron chi connectivity index (χ1n) is 5.09. The summed E-state index contributed by atoms with van der Waals surface area (Å²) in [7, 11) is 0. The third kappa shape index (κ3) is 2.24. The molecule has 0 spiro atoms. The van der Waals surface area contributed by atoms with Crippen LogP contribution in [0, 0.1) is 5.82 Å². The van der Waals surface area contributed by atoms with Gasteiger partial charge in [-0.1, -0.05) is 17.7 Å². The van der Waals surface area contributed by atoms with Crippen molar-refractivity contribution in [2.24, 2.45) is 4.99 Å².